The molecular formula is C14H10N6OS2. The van der Waals surface area contributed by atoms with Gasteiger partial charge in [0.05, 0.1) is 17.0 Å². The molecule has 3 aromatic heterocycles. The summed E-state index contributed by atoms with van der Waals surface area (Å²) in [5.74, 6) is 1.09. The molecule has 4 rings (SSSR count). The molecule has 3 heterocycles. The molecule has 0 aliphatic carbocycles. The van der Waals surface area contributed by atoms with Crippen molar-refractivity contribution in [2.24, 2.45) is 0 Å². The van der Waals surface area contributed by atoms with Crippen LogP contribution in [0.3, 0.4) is 0 Å². The van der Waals surface area contributed by atoms with Gasteiger partial charge in [0.2, 0.25) is 5.16 Å². The molecule has 1 N–H and O–H groups in total. The zero-order valence-corrected chi connectivity index (χ0v) is 13.3. The van der Waals surface area contributed by atoms with Crippen molar-refractivity contribution in [1.29, 1.82) is 0 Å². The summed E-state index contributed by atoms with van der Waals surface area (Å²) in [7, 11) is 0. The smallest absolute Gasteiger partial charge is 0.268 e. The van der Waals surface area contributed by atoms with Gasteiger partial charge in [-0.2, -0.15) is 4.68 Å². The fraction of sp³-hybridized carbons (Fsp3) is 0.0714. The number of fused-ring (bicyclic) bond motifs is 1. The Morgan fingerprint density at radius 2 is 2.09 bits per heavy atom. The minimum absolute atomic E-state index is 0.108. The third-order valence-electron chi connectivity index (χ3n) is 3.14. The molecular weight excluding hydrogens is 332 g/mol. The summed E-state index contributed by atoms with van der Waals surface area (Å²) >= 11 is 2.81. The van der Waals surface area contributed by atoms with Crippen LogP contribution in [-0.2, 0) is 5.75 Å². The Kier molecular flexibility index (Phi) is 3.64. The number of nitrogens with zero attached hydrogens (tertiary/aromatic N) is 5. The number of rotatable bonds is 4. The molecule has 0 saturated heterocycles. The average Bonchev–Trinajstić information content (AvgIpc) is 3.23. The zero-order valence-electron chi connectivity index (χ0n) is 11.7. The highest BCUT2D eigenvalue weighted by Crippen LogP contribution is 2.22. The number of thioether (sulfide) groups is 1. The molecule has 0 spiro atoms. The fourth-order valence-electron chi connectivity index (χ4n) is 2.12. The molecule has 0 aliphatic rings. The number of thiophene rings is 1. The molecule has 1 aromatic carbocycles. The SMILES string of the molecule is O=c1[nH]c(CSc2nnnn2-c2ccccc2)nc2ccsc12. The van der Waals surface area contributed by atoms with E-state index < -0.39 is 0 Å². The van der Waals surface area contributed by atoms with E-state index in [2.05, 4.69) is 25.5 Å². The van der Waals surface area contributed by atoms with Gasteiger partial charge in [0.25, 0.3) is 5.56 Å². The van der Waals surface area contributed by atoms with Crippen LogP contribution in [0.25, 0.3) is 15.9 Å². The lowest BCUT2D eigenvalue weighted by atomic mass is 10.3. The van der Waals surface area contributed by atoms with Crippen LogP contribution in [0.15, 0.2) is 51.7 Å². The van der Waals surface area contributed by atoms with Gasteiger partial charge in [-0.25, -0.2) is 4.98 Å². The Morgan fingerprint density at radius 3 is 2.96 bits per heavy atom. The van der Waals surface area contributed by atoms with Crippen molar-refractivity contribution in [3.63, 3.8) is 0 Å². The summed E-state index contributed by atoms with van der Waals surface area (Å²) in [6, 6.07) is 11.5. The van der Waals surface area contributed by atoms with Crippen LogP contribution in [0.4, 0.5) is 0 Å². The molecule has 114 valence electrons. The van der Waals surface area contributed by atoms with E-state index in [1.165, 1.54) is 23.1 Å². The standard InChI is InChI=1S/C14H10N6OS2/c21-13-12-10(6-7-22-12)15-11(16-13)8-23-14-17-18-19-20(14)9-4-2-1-3-5-9/h1-7H,8H2,(H,15,16,21). The summed E-state index contributed by atoms with van der Waals surface area (Å²) < 4.78 is 2.30. The van der Waals surface area contributed by atoms with Gasteiger partial charge >= 0.3 is 0 Å². The van der Waals surface area contributed by atoms with Crippen molar-refractivity contribution in [2.75, 3.05) is 0 Å². The maximum absolute atomic E-state index is 12.0. The van der Waals surface area contributed by atoms with Crippen molar-refractivity contribution < 1.29 is 0 Å². The number of nitrogens with one attached hydrogen (secondary N) is 1. The molecule has 0 radical (unpaired) electrons. The van der Waals surface area contributed by atoms with E-state index in [-0.39, 0.29) is 5.56 Å². The van der Waals surface area contributed by atoms with Gasteiger partial charge in [-0.15, -0.1) is 16.4 Å². The van der Waals surface area contributed by atoms with Crippen LogP contribution in [0.1, 0.15) is 5.82 Å². The molecule has 0 amide bonds. The summed E-state index contributed by atoms with van der Waals surface area (Å²) in [5, 5.41) is 14.3. The molecule has 0 bridgehead atoms. The van der Waals surface area contributed by atoms with Crippen molar-refractivity contribution >= 4 is 33.3 Å². The Labute approximate surface area is 138 Å². The molecule has 0 unspecified atom stereocenters. The maximum atomic E-state index is 12.0. The van der Waals surface area contributed by atoms with Gasteiger partial charge in [-0.3, -0.25) is 4.79 Å². The van der Waals surface area contributed by atoms with Crippen molar-refractivity contribution in [3.05, 3.63) is 58.0 Å². The first-order valence-electron chi connectivity index (χ1n) is 6.74. The molecule has 23 heavy (non-hydrogen) atoms. The molecule has 0 fully saturated rings. The monoisotopic (exact) mass is 342 g/mol. The summed E-state index contributed by atoms with van der Waals surface area (Å²) in [6.07, 6.45) is 0. The van der Waals surface area contributed by atoms with E-state index in [9.17, 15) is 4.79 Å². The summed E-state index contributed by atoms with van der Waals surface area (Å²) in [4.78, 5) is 19.2. The van der Waals surface area contributed by atoms with Gasteiger partial charge in [0.1, 0.15) is 10.5 Å². The van der Waals surface area contributed by atoms with E-state index in [0.29, 0.717) is 21.4 Å². The Bertz CT molecular complexity index is 1010. The second-order valence-corrected chi connectivity index (χ2v) is 6.50. The van der Waals surface area contributed by atoms with Crippen molar-refractivity contribution in [2.45, 2.75) is 10.9 Å². The number of benzene rings is 1. The molecule has 0 atom stereocenters. The highest BCUT2D eigenvalue weighted by Gasteiger charge is 2.11. The Morgan fingerprint density at radius 1 is 1.22 bits per heavy atom. The summed E-state index contributed by atoms with van der Waals surface area (Å²) in [5.41, 5.74) is 1.50. The second kappa shape index (κ2) is 5.94. The third-order valence-corrected chi connectivity index (χ3v) is 4.98. The van der Waals surface area contributed by atoms with Crippen LogP contribution in [-0.4, -0.2) is 30.2 Å². The van der Waals surface area contributed by atoms with E-state index in [1.54, 1.807) is 4.68 Å². The van der Waals surface area contributed by atoms with Crippen LogP contribution in [0.2, 0.25) is 0 Å². The lowest BCUT2D eigenvalue weighted by Gasteiger charge is -2.03. The first kappa shape index (κ1) is 14.1. The molecule has 0 saturated carbocycles. The predicted molar refractivity (Wildman–Crippen MR) is 89.0 cm³/mol. The maximum Gasteiger partial charge on any atom is 0.268 e. The van der Waals surface area contributed by atoms with Crippen LogP contribution in [0, 0.1) is 0 Å². The molecule has 7 nitrogen and oxygen atoms in total. The number of H-pyrrole nitrogens is 1. The zero-order chi connectivity index (χ0) is 15.6. The van der Waals surface area contributed by atoms with Gasteiger partial charge in [-0.05, 0) is 34.0 Å². The molecule has 4 aromatic rings. The minimum atomic E-state index is -0.108. The third kappa shape index (κ3) is 2.76. The quantitative estimate of drug-likeness (QED) is 0.572. The van der Waals surface area contributed by atoms with E-state index in [1.807, 2.05) is 41.8 Å². The van der Waals surface area contributed by atoms with Gasteiger partial charge in [-0.1, -0.05) is 30.0 Å². The van der Waals surface area contributed by atoms with Crippen molar-refractivity contribution in [1.82, 2.24) is 30.2 Å². The Balaban J connectivity index is 1.60. The highest BCUT2D eigenvalue weighted by atomic mass is 32.2. The highest BCUT2D eigenvalue weighted by molar-refractivity contribution is 7.98. The second-order valence-electron chi connectivity index (χ2n) is 4.65. The number of hydrogen-bond acceptors (Lipinski definition) is 7. The topological polar surface area (TPSA) is 89.4 Å². The number of aromatic amines is 1. The number of hydrogen-bond donors (Lipinski definition) is 1. The lowest BCUT2D eigenvalue weighted by molar-refractivity contribution is 0.756. The summed E-state index contributed by atoms with van der Waals surface area (Å²) in [6.45, 7) is 0. The lowest BCUT2D eigenvalue weighted by Crippen LogP contribution is -2.09. The van der Waals surface area contributed by atoms with Gasteiger partial charge in [0.15, 0.2) is 0 Å². The average molecular weight is 342 g/mol. The van der Waals surface area contributed by atoms with Crippen LogP contribution < -0.4 is 5.56 Å². The molecule has 0 aliphatic heterocycles. The van der Waals surface area contributed by atoms with Gasteiger partial charge < -0.3 is 4.98 Å². The first-order valence-corrected chi connectivity index (χ1v) is 8.61. The van der Waals surface area contributed by atoms with E-state index >= 15 is 0 Å². The number of aromatic nitrogens is 6. The van der Waals surface area contributed by atoms with E-state index in [0.717, 1.165) is 11.2 Å². The van der Waals surface area contributed by atoms with Gasteiger partial charge in [0, 0.05) is 0 Å². The minimum Gasteiger partial charge on any atom is -0.309 e. The van der Waals surface area contributed by atoms with E-state index in [4.69, 9.17) is 0 Å². The molecule has 9 heteroatoms. The van der Waals surface area contributed by atoms with Crippen LogP contribution >= 0.6 is 23.1 Å². The predicted octanol–water partition coefficient (Wildman–Crippen LogP) is 2.25. The number of para-hydroxylation sites is 1. The van der Waals surface area contributed by atoms with Crippen LogP contribution in [0.5, 0.6) is 0 Å². The Hall–Kier alpha value is -2.52. The largest absolute Gasteiger partial charge is 0.309 e. The first-order chi connectivity index (χ1) is 11.3. The fourth-order valence-corrected chi connectivity index (χ4v) is 3.61. The van der Waals surface area contributed by atoms with Crippen molar-refractivity contribution in [3.8, 4) is 5.69 Å². The number of tetrazole rings is 1. The normalized spacial score (nSPS) is 11.1.